The first-order valence-corrected chi connectivity index (χ1v) is 9.61. The molecule has 1 amide bonds. The zero-order valence-corrected chi connectivity index (χ0v) is 17.8. The van der Waals surface area contributed by atoms with E-state index in [1.807, 2.05) is 39.6 Å². The van der Waals surface area contributed by atoms with E-state index in [0.29, 0.717) is 24.3 Å². The number of anilines is 1. The molecule has 0 unspecified atom stereocenters. The van der Waals surface area contributed by atoms with Crippen molar-refractivity contribution in [2.75, 3.05) is 25.0 Å². The van der Waals surface area contributed by atoms with Crippen LogP contribution in [0, 0.1) is 11.7 Å². The van der Waals surface area contributed by atoms with Crippen LogP contribution in [-0.2, 0) is 4.74 Å². The average molecular weight is 430 g/mol. The monoisotopic (exact) mass is 429 g/mol. The lowest BCUT2D eigenvalue weighted by Crippen LogP contribution is -2.40. The van der Waals surface area contributed by atoms with Crippen LogP contribution in [-0.4, -0.2) is 57.7 Å². The lowest BCUT2D eigenvalue weighted by molar-refractivity contribution is 0.0287. The number of likely N-dealkylation sites (tertiary alicyclic amines) is 1. The van der Waals surface area contributed by atoms with Crippen LogP contribution in [0.25, 0.3) is 10.9 Å². The van der Waals surface area contributed by atoms with Gasteiger partial charge in [-0.3, -0.25) is 0 Å². The molecule has 2 aromatic rings. The number of halogens is 3. The molecule has 0 spiro atoms. The van der Waals surface area contributed by atoms with Gasteiger partial charge in [0.1, 0.15) is 16.9 Å². The molecule has 2 aromatic heterocycles. The van der Waals surface area contributed by atoms with Gasteiger partial charge in [0.15, 0.2) is 11.0 Å². The summed E-state index contributed by atoms with van der Waals surface area (Å²) < 4.78 is 19.8. The molecular weight excluding hydrogens is 408 g/mol. The van der Waals surface area contributed by atoms with Crippen LogP contribution >= 0.6 is 23.2 Å². The van der Waals surface area contributed by atoms with E-state index in [1.165, 1.54) is 6.20 Å². The van der Waals surface area contributed by atoms with Crippen molar-refractivity contribution >= 4 is 46.0 Å². The quantitative estimate of drug-likeness (QED) is 0.526. The summed E-state index contributed by atoms with van der Waals surface area (Å²) in [5, 5.41) is 0.0306. The van der Waals surface area contributed by atoms with Crippen molar-refractivity contribution in [3.63, 3.8) is 0 Å². The molecule has 0 bridgehead atoms. The van der Waals surface area contributed by atoms with Gasteiger partial charge in [0.25, 0.3) is 0 Å². The molecule has 2 atom stereocenters. The van der Waals surface area contributed by atoms with Crippen molar-refractivity contribution in [3.05, 3.63) is 22.5 Å². The van der Waals surface area contributed by atoms with Gasteiger partial charge in [-0.1, -0.05) is 18.5 Å². The molecule has 0 N–H and O–H groups in total. The van der Waals surface area contributed by atoms with E-state index < -0.39 is 11.4 Å². The van der Waals surface area contributed by atoms with Crippen LogP contribution < -0.4 is 4.90 Å². The van der Waals surface area contributed by atoms with E-state index in [2.05, 4.69) is 15.0 Å². The largest absolute Gasteiger partial charge is 0.444 e. The number of nitrogens with zero attached hydrogens (tertiary/aromatic N) is 5. The molecule has 1 saturated heterocycles. The maximum Gasteiger partial charge on any atom is 0.410 e. The van der Waals surface area contributed by atoms with Gasteiger partial charge in [-0.15, -0.1) is 0 Å². The molecule has 3 rings (SSSR count). The molecule has 1 aliphatic rings. The summed E-state index contributed by atoms with van der Waals surface area (Å²) in [4.78, 5) is 28.1. The fraction of sp³-hybridized carbons (Fsp3) is 0.556. The third kappa shape index (κ3) is 4.07. The summed E-state index contributed by atoms with van der Waals surface area (Å²) in [6, 6.07) is -0.0691. The minimum Gasteiger partial charge on any atom is -0.444 e. The minimum absolute atomic E-state index is 0.0106. The summed E-state index contributed by atoms with van der Waals surface area (Å²) in [6.45, 7) is 8.51. The van der Waals surface area contributed by atoms with Crippen LogP contribution in [0.4, 0.5) is 15.0 Å². The van der Waals surface area contributed by atoms with Gasteiger partial charge in [-0.25, -0.2) is 19.2 Å². The van der Waals surface area contributed by atoms with Crippen molar-refractivity contribution in [1.29, 1.82) is 0 Å². The molecule has 0 radical (unpaired) electrons. The average Bonchev–Trinajstić information content (AvgIpc) is 2.98. The van der Waals surface area contributed by atoms with Crippen LogP contribution in [0.3, 0.4) is 0 Å². The highest BCUT2D eigenvalue weighted by molar-refractivity contribution is 6.30. The van der Waals surface area contributed by atoms with Gasteiger partial charge < -0.3 is 14.5 Å². The third-order valence-electron chi connectivity index (χ3n) is 4.65. The molecule has 0 saturated carbocycles. The SMILES string of the molecule is C[C@@H]1CN(C(=O)OC(C)(C)C)C[C@@H]1N(C)c1nc(Cl)nc2c(F)c(Cl)ncc12. The van der Waals surface area contributed by atoms with Crippen LogP contribution in [0.15, 0.2) is 6.20 Å². The van der Waals surface area contributed by atoms with Gasteiger partial charge in [0, 0.05) is 26.3 Å². The van der Waals surface area contributed by atoms with Gasteiger partial charge in [0.2, 0.25) is 5.28 Å². The first-order valence-electron chi connectivity index (χ1n) is 8.86. The van der Waals surface area contributed by atoms with Crippen molar-refractivity contribution in [1.82, 2.24) is 19.9 Å². The summed E-state index contributed by atoms with van der Waals surface area (Å²) >= 11 is 11.8. The van der Waals surface area contributed by atoms with E-state index in [-0.39, 0.29) is 34.0 Å². The zero-order valence-electron chi connectivity index (χ0n) is 16.3. The summed E-state index contributed by atoms with van der Waals surface area (Å²) in [5.74, 6) is -0.180. The Morgan fingerprint density at radius 1 is 1.32 bits per heavy atom. The predicted octanol–water partition coefficient (Wildman–Crippen LogP) is 4.16. The van der Waals surface area contributed by atoms with Crippen LogP contribution in [0.1, 0.15) is 27.7 Å². The van der Waals surface area contributed by atoms with Crippen molar-refractivity contribution in [3.8, 4) is 0 Å². The smallest absolute Gasteiger partial charge is 0.410 e. The Kier molecular flexibility index (Phi) is 5.55. The van der Waals surface area contributed by atoms with E-state index >= 15 is 0 Å². The highest BCUT2D eigenvalue weighted by Crippen LogP contribution is 2.32. The third-order valence-corrected chi connectivity index (χ3v) is 5.08. The highest BCUT2D eigenvalue weighted by Gasteiger charge is 2.38. The number of pyridine rings is 1. The lowest BCUT2D eigenvalue weighted by Gasteiger charge is -2.29. The number of carbonyl (C=O) groups excluding carboxylic acids is 1. The molecule has 7 nitrogen and oxygen atoms in total. The maximum absolute atomic E-state index is 14.4. The number of aromatic nitrogens is 3. The summed E-state index contributed by atoms with van der Waals surface area (Å²) in [7, 11) is 1.82. The molecule has 0 aliphatic carbocycles. The fourth-order valence-corrected chi connectivity index (χ4v) is 3.65. The normalized spacial score (nSPS) is 19.9. The first kappa shape index (κ1) is 20.8. The Labute approximate surface area is 172 Å². The molecule has 0 aromatic carbocycles. The first-order chi connectivity index (χ1) is 13.0. The Balaban J connectivity index is 1.91. The van der Waals surface area contributed by atoms with E-state index in [9.17, 15) is 9.18 Å². The molecular formula is C18H22Cl2FN5O2. The van der Waals surface area contributed by atoms with Gasteiger partial charge in [-0.05, 0) is 38.3 Å². The van der Waals surface area contributed by atoms with Crippen molar-refractivity contribution in [2.45, 2.75) is 39.3 Å². The Morgan fingerprint density at radius 3 is 2.64 bits per heavy atom. The summed E-state index contributed by atoms with van der Waals surface area (Å²) in [5.41, 5.74) is -0.556. The number of carbonyl (C=O) groups is 1. The molecule has 3 heterocycles. The van der Waals surface area contributed by atoms with Crippen molar-refractivity contribution in [2.24, 2.45) is 5.92 Å². The predicted molar refractivity (Wildman–Crippen MR) is 106 cm³/mol. The number of fused-ring (bicyclic) bond motifs is 1. The van der Waals surface area contributed by atoms with Gasteiger partial charge in [-0.2, -0.15) is 4.98 Å². The minimum atomic E-state index is -0.743. The number of hydrogen-bond donors (Lipinski definition) is 0. The fourth-order valence-electron chi connectivity index (χ4n) is 3.35. The van der Waals surface area contributed by atoms with Gasteiger partial charge in [0.05, 0.1) is 11.4 Å². The number of ether oxygens (including phenoxy) is 1. The number of hydrogen-bond acceptors (Lipinski definition) is 6. The lowest BCUT2D eigenvalue weighted by atomic mass is 10.1. The van der Waals surface area contributed by atoms with Crippen LogP contribution in [0.5, 0.6) is 0 Å². The Hall–Kier alpha value is -1.93. The molecule has 28 heavy (non-hydrogen) atoms. The molecule has 1 aliphatic heterocycles. The maximum atomic E-state index is 14.4. The molecule has 10 heteroatoms. The Bertz CT molecular complexity index is 921. The van der Waals surface area contributed by atoms with E-state index in [1.54, 1.807) is 4.90 Å². The second kappa shape index (κ2) is 7.48. The zero-order chi connectivity index (χ0) is 20.8. The van der Waals surface area contributed by atoms with Crippen LogP contribution in [0.2, 0.25) is 10.4 Å². The Morgan fingerprint density at radius 2 is 2.00 bits per heavy atom. The number of rotatable bonds is 2. The molecule has 1 fully saturated rings. The van der Waals surface area contributed by atoms with Crippen molar-refractivity contribution < 1.29 is 13.9 Å². The van der Waals surface area contributed by atoms with E-state index in [4.69, 9.17) is 27.9 Å². The highest BCUT2D eigenvalue weighted by atomic mass is 35.5. The summed E-state index contributed by atoms with van der Waals surface area (Å²) in [6.07, 6.45) is 1.06. The van der Waals surface area contributed by atoms with Gasteiger partial charge >= 0.3 is 6.09 Å². The van der Waals surface area contributed by atoms with E-state index in [0.717, 1.165) is 0 Å². The number of amides is 1. The second-order valence-corrected chi connectivity index (χ2v) is 8.68. The molecule has 152 valence electrons. The standard InChI is InChI=1S/C18H22Cl2FN5O2/c1-9-7-26(17(27)28-18(2,3)4)8-11(9)25(5)15-10-6-22-14(19)12(21)13(10)23-16(20)24-15/h6,9,11H,7-8H2,1-5H3/t9-,11+/m1/s1. The number of likely N-dealkylation sites (N-methyl/N-ethyl adjacent to an activating group) is 1. The topological polar surface area (TPSA) is 71.5 Å². The second-order valence-electron chi connectivity index (χ2n) is 7.98.